The zero-order valence-corrected chi connectivity index (χ0v) is 21.3. The van der Waals surface area contributed by atoms with Crippen molar-refractivity contribution in [2.24, 2.45) is 0 Å². The molecule has 0 spiro atoms. The zero-order chi connectivity index (χ0) is 28.0. The number of hydrogen-bond acceptors (Lipinski definition) is 3. The number of carboxylic acids is 1. The summed E-state index contributed by atoms with van der Waals surface area (Å²) in [6.07, 6.45) is -0.145. The summed E-state index contributed by atoms with van der Waals surface area (Å²) in [4.78, 5) is 37.4. The van der Waals surface area contributed by atoms with Crippen LogP contribution in [-0.4, -0.2) is 28.9 Å². The molecule has 6 nitrogen and oxygen atoms in total. The standard InChI is InChI=1S/C29H29F3N2O4/c1-4-8-23(33-28(37)19-11-5-6-12-21(19)30)29(38)34-24(15-25(35)36)20-13-18(14-22(31)27(20)32)26-16(2)9-7-10-17(26)3/h5-7,9-14,23-24H,4,8,15H2,1-3H3,(H,33,37)(H,34,38)(H,35,36)/t23-,24-/m0/s1. The third-order valence-corrected chi connectivity index (χ3v) is 6.21. The first-order valence-corrected chi connectivity index (χ1v) is 12.2. The molecule has 0 unspecified atom stereocenters. The quantitative estimate of drug-likeness (QED) is 0.320. The molecule has 3 rings (SSSR count). The Hall–Kier alpha value is -4.14. The maximum absolute atomic E-state index is 15.0. The van der Waals surface area contributed by atoms with E-state index in [2.05, 4.69) is 10.6 Å². The van der Waals surface area contributed by atoms with Crippen molar-refractivity contribution >= 4 is 17.8 Å². The number of amides is 2. The second-order valence-electron chi connectivity index (χ2n) is 9.08. The SMILES string of the molecule is CCC[C@H](NC(=O)c1ccccc1F)C(=O)N[C@@H](CC(=O)O)c1cc(-c2c(C)cccc2C)cc(F)c1F. The zero-order valence-electron chi connectivity index (χ0n) is 21.3. The van der Waals surface area contributed by atoms with E-state index in [0.29, 0.717) is 17.5 Å². The lowest BCUT2D eigenvalue weighted by Crippen LogP contribution is -2.48. The molecule has 200 valence electrons. The van der Waals surface area contributed by atoms with Gasteiger partial charge in [0.1, 0.15) is 11.9 Å². The van der Waals surface area contributed by atoms with Gasteiger partial charge in [0.25, 0.3) is 5.91 Å². The predicted molar refractivity (Wildman–Crippen MR) is 137 cm³/mol. The third-order valence-electron chi connectivity index (χ3n) is 6.21. The number of halogens is 3. The molecule has 0 saturated carbocycles. The lowest BCUT2D eigenvalue weighted by molar-refractivity contribution is -0.137. The van der Waals surface area contributed by atoms with Crippen LogP contribution in [0.25, 0.3) is 11.1 Å². The molecule has 3 N–H and O–H groups in total. The Balaban J connectivity index is 1.97. The van der Waals surface area contributed by atoms with Crippen molar-refractivity contribution in [2.45, 2.75) is 52.1 Å². The molecule has 3 aromatic rings. The van der Waals surface area contributed by atoms with Crippen molar-refractivity contribution in [1.29, 1.82) is 0 Å². The second kappa shape index (κ2) is 12.4. The number of rotatable bonds is 10. The molecular formula is C29H29F3N2O4. The maximum Gasteiger partial charge on any atom is 0.305 e. The van der Waals surface area contributed by atoms with Crippen LogP contribution in [0.1, 0.15) is 59.3 Å². The molecule has 0 fully saturated rings. The van der Waals surface area contributed by atoms with E-state index in [0.717, 1.165) is 23.3 Å². The Morgan fingerprint density at radius 2 is 1.55 bits per heavy atom. The van der Waals surface area contributed by atoms with Gasteiger partial charge in [0.05, 0.1) is 18.0 Å². The van der Waals surface area contributed by atoms with Gasteiger partial charge < -0.3 is 15.7 Å². The van der Waals surface area contributed by atoms with E-state index in [1.54, 1.807) is 6.92 Å². The van der Waals surface area contributed by atoms with Crippen molar-refractivity contribution in [1.82, 2.24) is 10.6 Å². The number of aliphatic carboxylic acids is 1. The fourth-order valence-corrected chi connectivity index (χ4v) is 4.40. The number of carboxylic acid groups (broad SMARTS) is 1. The van der Waals surface area contributed by atoms with Gasteiger partial charge in [-0.05, 0) is 66.8 Å². The molecule has 0 aliphatic carbocycles. The van der Waals surface area contributed by atoms with Crippen LogP contribution in [0.4, 0.5) is 13.2 Å². The first kappa shape index (κ1) is 28.4. The van der Waals surface area contributed by atoms with Gasteiger partial charge >= 0.3 is 5.97 Å². The van der Waals surface area contributed by atoms with Gasteiger partial charge in [0.15, 0.2) is 11.6 Å². The minimum absolute atomic E-state index is 0.144. The molecule has 9 heteroatoms. The van der Waals surface area contributed by atoms with Gasteiger partial charge in [-0.15, -0.1) is 0 Å². The Labute approximate surface area is 218 Å². The fourth-order valence-electron chi connectivity index (χ4n) is 4.40. The summed E-state index contributed by atoms with van der Waals surface area (Å²) in [7, 11) is 0. The normalized spacial score (nSPS) is 12.5. The summed E-state index contributed by atoms with van der Waals surface area (Å²) in [5.41, 5.74) is 2.00. The summed E-state index contributed by atoms with van der Waals surface area (Å²) >= 11 is 0. The smallest absolute Gasteiger partial charge is 0.305 e. The Kier molecular flexibility index (Phi) is 9.28. The molecule has 0 heterocycles. The number of carbonyl (C=O) groups excluding carboxylic acids is 2. The number of aryl methyl sites for hydroxylation is 2. The number of carbonyl (C=O) groups is 3. The van der Waals surface area contributed by atoms with Gasteiger partial charge in [-0.1, -0.05) is 43.7 Å². The van der Waals surface area contributed by atoms with E-state index in [1.807, 2.05) is 32.0 Å². The lowest BCUT2D eigenvalue weighted by Gasteiger charge is -2.24. The number of nitrogens with one attached hydrogen (secondary N) is 2. The highest BCUT2D eigenvalue weighted by Crippen LogP contribution is 2.33. The first-order valence-electron chi connectivity index (χ1n) is 12.2. The number of benzene rings is 3. The van der Waals surface area contributed by atoms with Gasteiger partial charge in [-0.2, -0.15) is 0 Å². The first-order chi connectivity index (χ1) is 18.0. The van der Waals surface area contributed by atoms with Crippen molar-refractivity contribution in [2.75, 3.05) is 0 Å². The molecule has 3 aromatic carbocycles. The molecule has 0 aliphatic heterocycles. The summed E-state index contributed by atoms with van der Waals surface area (Å²) in [6, 6.07) is 10.4. The Morgan fingerprint density at radius 1 is 0.895 bits per heavy atom. The highest BCUT2D eigenvalue weighted by molar-refractivity contribution is 5.97. The predicted octanol–water partition coefficient (Wildman–Crippen LogP) is 5.62. The van der Waals surface area contributed by atoms with Crippen LogP contribution in [0.5, 0.6) is 0 Å². The van der Waals surface area contributed by atoms with Gasteiger partial charge in [-0.3, -0.25) is 14.4 Å². The maximum atomic E-state index is 15.0. The van der Waals surface area contributed by atoms with Crippen LogP contribution in [0.15, 0.2) is 54.6 Å². The largest absolute Gasteiger partial charge is 0.481 e. The van der Waals surface area contributed by atoms with Crippen molar-refractivity contribution in [3.63, 3.8) is 0 Å². The monoisotopic (exact) mass is 526 g/mol. The molecular weight excluding hydrogens is 497 g/mol. The fraction of sp³-hybridized carbons (Fsp3) is 0.276. The molecule has 0 bridgehead atoms. The molecule has 0 aliphatic rings. The van der Waals surface area contributed by atoms with Crippen LogP contribution < -0.4 is 10.6 Å². The van der Waals surface area contributed by atoms with Crippen LogP contribution in [0, 0.1) is 31.3 Å². The van der Waals surface area contributed by atoms with Gasteiger partial charge in [0, 0.05) is 5.56 Å². The van der Waals surface area contributed by atoms with E-state index >= 15 is 4.39 Å². The van der Waals surface area contributed by atoms with Crippen LogP contribution >= 0.6 is 0 Å². The Morgan fingerprint density at radius 3 is 2.16 bits per heavy atom. The summed E-state index contributed by atoms with van der Waals surface area (Å²) in [5.74, 6) is -6.24. The highest BCUT2D eigenvalue weighted by Gasteiger charge is 2.29. The summed E-state index contributed by atoms with van der Waals surface area (Å²) in [5, 5.41) is 14.4. The van der Waals surface area contributed by atoms with Crippen LogP contribution in [0.3, 0.4) is 0 Å². The Bertz CT molecular complexity index is 1340. The molecule has 2 amide bonds. The molecule has 0 radical (unpaired) electrons. The molecule has 0 aromatic heterocycles. The van der Waals surface area contributed by atoms with E-state index in [-0.39, 0.29) is 17.5 Å². The van der Waals surface area contributed by atoms with E-state index in [4.69, 9.17) is 0 Å². The van der Waals surface area contributed by atoms with Gasteiger partial charge in [-0.25, -0.2) is 13.2 Å². The van der Waals surface area contributed by atoms with Crippen LogP contribution in [0.2, 0.25) is 0 Å². The average molecular weight is 527 g/mol. The van der Waals surface area contributed by atoms with E-state index in [1.165, 1.54) is 24.3 Å². The van der Waals surface area contributed by atoms with E-state index in [9.17, 15) is 28.3 Å². The second-order valence-corrected chi connectivity index (χ2v) is 9.08. The van der Waals surface area contributed by atoms with Crippen LogP contribution in [-0.2, 0) is 9.59 Å². The molecule has 38 heavy (non-hydrogen) atoms. The minimum atomic E-state index is -1.44. The van der Waals surface area contributed by atoms with Crippen molar-refractivity contribution in [3.8, 4) is 11.1 Å². The average Bonchev–Trinajstić information content (AvgIpc) is 2.85. The summed E-state index contributed by atoms with van der Waals surface area (Å²) in [6.45, 7) is 5.38. The van der Waals surface area contributed by atoms with Gasteiger partial charge in [0.2, 0.25) is 5.91 Å². The van der Waals surface area contributed by atoms with Crippen molar-refractivity contribution in [3.05, 3.63) is 94.3 Å². The lowest BCUT2D eigenvalue weighted by atomic mass is 9.92. The van der Waals surface area contributed by atoms with E-state index < -0.39 is 53.7 Å². The minimum Gasteiger partial charge on any atom is -0.481 e. The third kappa shape index (κ3) is 6.59. The number of hydrogen-bond donors (Lipinski definition) is 3. The summed E-state index contributed by atoms with van der Waals surface area (Å²) < 4.78 is 43.9. The van der Waals surface area contributed by atoms with Crippen molar-refractivity contribution < 1.29 is 32.7 Å². The highest BCUT2D eigenvalue weighted by atomic mass is 19.2. The molecule has 2 atom stereocenters. The topological polar surface area (TPSA) is 95.5 Å². The molecule has 0 saturated heterocycles.